The van der Waals surface area contributed by atoms with Gasteiger partial charge in [0.2, 0.25) is 0 Å². The Morgan fingerprint density at radius 1 is 1.29 bits per heavy atom. The number of hydrogen-bond acceptors (Lipinski definition) is 5. The molecule has 130 valence electrons. The van der Waals surface area contributed by atoms with Crippen molar-refractivity contribution in [1.82, 2.24) is 19.6 Å². The number of aryl methyl sites for hydroxylation is 2. The van der Waals surface area contributed by atoms with Gasteiger partial charge in [0.1, 0.15) is 11.5 Å². The van der Waals surface area contributed by atoms with E-state index in [0.717, 1.165) is 18.8 Å². The Labute approximate surface area is 141 Å². The Hall–Kier alpha value is -2.12. The van der Waals surface area contributed by atoms with Crippen molar-refractivity contribution in [3.05, 3.63) is 41.6 Å². The molecule has 0 aliphatic carbocycles. The Morgan fingerprint density at radius 3 is 2.62 bits per heavy atom. The zero-order chi connectivity index (χ0) is 17.1. The summed E-state index contributed by atoms with van der Waals surface area (Å²) < 4.78 is 7.18. The lowest BCUT2D eigenvalue weighted by Crippen LogP contribution is -2.50. The molecule has 1 aliphatic rings. The second kappa shape index (κ2) is 7.19. The summed E-state index contributed by atoms with van der Waals surface area (Å²) in [6.07, 6.45) is 3.08. The molecule has 0 bridgehead atoms. The van der Waals surface area contributed by atoms with Gasteiger partial charge in [0.15, 0.2) is 0 Å². The van der Waals surface area contributed by atoms with Crippen molar-refractivity contribution in [2.75, 3.05) is 32.7 Å². The van der Waals surface area contributed by atoms with Crippen LogP contribution in [0.5, 0.6) is 0 Å². The number of aliphatic hydroxyl groups is 1. The van der Waals surface area contributed by atoms with Crippen LogP contribution < -0.4 is 0 Å². The molecule has 3 heterocycles. The first-order valence-corrected chi connectivity index (χ1v) is 8.27. The van der Waals surface area contributed by atoms with Crippen molar-refractivity contribution in [3.8, 4) is 0 Å². The van der Waals surface area contributed by atoms with E-state index in [-0.39, 0.29) is 5.91 Å². The maximum Gasteiger partial charge on any atom is 0.257 e. The standard InChI is InChI=1S/C17H24N4O3/c1-13-10-16(14(2)24-13)17(23)20-8-6-19(7-9-20)11-15(22)12-21-5-3-4-18-21/h3-5,10,15,22H,6-9,11-12H2,1-2H3. The van der Waals surface area contributed by atoms with E-state index < -0.39 is 6.10 Å². The van der Waals surface area contributed by atoms with E-state index in [1.807, 2.05) is 31.0 Å². The molecular formula is C17H24N4O3. The zero-order valence-corrected chi connectivity index (χ0v) is 14.2. The van der Waals surface area contributed by atoms with Gasteiger partial charge in [0.25, 0.3) is 5.91 Å². The predicted octanol–water partition coefficient (Wildman–Crippen LogP) is 0.912. The first kappa shape index (κ1) is 16.7. The molecule has 1 unspecified atom stereocenters. The number of furan rings is 1. The third-order valence-electron chi connectivity index (χ3n) is 4.36. The molecule has 1 amide bonds. The van der Waals surface area contributed by atoms with E-state index in [0.29, 0.717) is 37.5 Å². The summed E-state index contributed by atoms with van der Waals surface area (Å²) in [6.45, 7) is 7.60. The number of hydrogen-bond donors (Lipinski definition) is 1. The number of amides is 1. The van der Waals surface area contributed by atoms with E-state index in [9.17, 15) is 9.90 Å². The smallest absolute Gasteiger partial charge is 0.257 e. The van der Waals surface area contributed by atoms with Gasteiger partial charge in [-0.25, -0.2) is 0 Å². The van der Waals surface area contributed by atoms with Crippen LogP contribution in [0, 0.1) is 13.8 Å². The van der Waals surface area contributed by atoms with Crippen LogP contribution in [0.4, 0.5) is 0 Å². The van der Waals surface area contributed by atoms with Crippen LogP contribution in [0.25, 0.3) is 0 Å². The zero-order valence-electron chi connectivity index (χ0n) is 14.2. The molecule has 3 rings (SSSR count). The third-order valence-corrected chi connectivity index (χ3v) is 4.36. The normalized spacial score (nSPS) is 17.2. The first-order chi connectivity index (χ1) is 11.5. The van der Waals surface area contributed by atoms with Crippen molar-refractivity contribution in [2.24, 2.45) is 0 Å². The van der Waals surface area contributed by atoms with E-state index in [1.165, 1.54) is 0 Å². The summed E-state index contributed by atoms with van der Waals surface area (Å²) in [5.41, 5.74) is 0.652. The van der Waals surface area contributed by atoms with Gasteiger partial charge in [0.05, 0.1) is 18.2 Å². The minimum Gasteiger partial charge on any atom is -0.466 e. The summed E-state index contributed by atoms with van der Waals surface area (Å²) in [5, 5.41) is 14.3. The number of rotatable bonds is 5. The molecule has 24 heavy (non-hydrogen) atoms. The lowest BCUT2D eigenvalue weighted by Gasteiger charge is -2.35. The quantitative estimate of drug-likeness (QED) is 0.881. The molecule has 1 N–H and O–H groups in total. The van der Waals surface area contributed by atoms with Crippen LogP contribution in [-0.2, 0) is 6.54 Å². The lowest BCUT2D eigenvalue weighted by molar-refractivity contribution is 0.0490. The van der Waals surface area contributed by atoms with Gasteiger partial charge in [-0.1, -0.05) is 0 Å². The van der Waals surface area contributed by atoms with Gasteiger partial charge in [-0.15, -0.1) is 0 Å². The molecule has 1 saturated heterocycles. The van der Waals surface area contributed by atoms with Crippen molar-refractivity contribution < 1.29 is 14.3 Å². The Kier molecular flexibility index (Phi) is 5.01. The van der Waals surface area contributed by atoms with Gasteiger partial charge in [-0.3, -0.25) is 14.4 Å². The number of aromatic nitrogens is 2. The van der Waals surface area contributed by atoms with Crippen LogP contribution in [0.2, 0.25) is 0 Å². The fraction of sp³-hybridized carbons (Fsp3) is 0.529. The molecule has 7 nitrogen and oxygen atoms in total. The third kappa shape index (κ3) is 3.85. The summed E-state index contributed by atoms with van der Waals surface area (Å²) in [4.78, 5) is 16.6. The van der Waals surface area contributed by atoms with Crippen LogP contribution in [0.1, 0.15) is 21.9 Å². The highest BCUT2D eigenvalue weighted by atomic mass is 16.3. The fourth-order valence-electron chi connectivity index (χ4n) is 3.13. The molecule has 0 aromatic carbocycles. The molecule has 2 aromatic heterocycles. The van der Waals surface area contributed by atoms with Crippen molar-refractivity contribution in [3.63, 3.8) is 0 Å². The van der Waals surface area contributed by atoms with Crippen LogP contribution in [0.3, 0.4) is 0 Å². The average molecular weight is 332 g/mol. The van der Waals surface area contributed by atoms with Crippen LogP contribution in [-0.4, -0.2) is 69.4 Å². The largest absolute Gasteiger partial charge is 0.466 e. The second-order valence-electron chi connectivity index (χ2n) is 6.30. The molecule has 7 heteroatoms. The number of carbonyl (C=O) groups excluding carboxylic acids is 1. The highest BCUT2D eigenvalue weighted by Gasteiger charge is 2.25. The molecule has 0 radical (unpaired) electrons. The number of β-amino-alcohol motifs (C(OH)–C–C–N with tert-alkyl or cyclic N) is 1. The predicted molar refractivity (Wildman–Crippen MR) is 88.8 cm³/mol. The fourth-order valence-corrected chi connectivity index (χ4v) is 3.13. The summed E-state index contributed by atoms with van der Waals surface area (Å²) in [6, 6.07) is 3.65. The van der Waals surface area contributed by atoms with E-state index >= 15 is 0 Å². The first-order valence-electron chi connectivity index (χ1n) is 8.27. The molecule has 0 spiro atoms. The van der Waals surface area contributed by atoms with Gasteiger partial charge in [-0.2, -0.15) is 5.10 Å². The van der Waals surface area contributed by atoms with Crippen molar-refractivity contribution >= 4 is 5.91 Å². The number of piperazine rings is 1. The molecule has 1 atom stereocenters. The minimum atomic E-state index is -0.467. The maximum atomic E-state index is 12.6. The topological polar surface area (TPSA) is 74.7 Å². The van der Waals surface area contributed by atoms with Gasteiger partial charge >= 0.3 is 0 Å². The number of aliphatic hydroxyl groups excluding tert-OH is 1. The Balaban J connectivity index is 1.48. The van der Waals surface area contributed by atoms with Gasteiger partial charge < -0.3 is 14.4 Å². The number of carbonyl (C=O) groups is 1. The highest BCUT2D eigenvalue weighted by Crippen LogP contribution is 2.17. The van der Waals surface area contributed by atoms with Crippen LogP contribution >= 0.6 is 0 Å². The van der Waals surface area contributed by atoms with E-state index in [2.05, 4.69) is 10.00 Å². The summed E-state index contributed by atoms with van der Waals surface area (Å²) in [5.74, 6) is 1.46. The second-order valence-corrected chi connectivity index (χ2v) is 6.30. The summed E-state index contributed by atoms with van der Waals surface area (Å²) in [7, 11) is 0. The van der Waals surface area contributed by atoms with Crippen molar-refractivity contribution in [2.45, 2.75) is 26.5 Å². The Morgan fingerprint density at radius 2 is 2.04 bits per heavy atom. The molecule has 0 saturated carbocycles. The van der Waals surface area contributed by atoms with Crippen molar-refractivity contribution in [1.29, 1.82) is 0 Å². The van der Waals surface area contributed by atoms with E-state index in [4.69, 9.17) is 4.42 Å². The summed E-state index contributed by atoms with van der Waals surface area (Å²) >= 11 is 0. The Bertz CT molecular complexity index is 672. The molecule has 2 aromatic rings. The van der Waals surface area contributed by atoms with E-state index in [1.54, 1.807) is 16.9 Å². The molecule has 1 fully saturated rings. The maximum absolute atomic E-state index is 12.6. The highest BCUT2D eigenvalue weighted by molar-refractivity contribution is 5.95. The molecular weight excluding hydrogens is 308 g/mol. The molecule has 1 aliphatic heterocycles. The monoisotopic (exact) mass is 332 g/mol. The number of nitrogens with zero attached hydrogens (tertiary/aromatic N) is 4. The minimum absolute atomic E-state index is 0.0288. The average Bonchev–Trinajstić information content (AvgIpc) is 3.16. The SMILES string of the molecule is Cc1cc(C(=O)N2CCN(CC(O)Cn3cccn3)CC2)c(C)o1. The lowest BCUT2D eigenvalue weighted by atomic mass is 10.2. The van der Waals surface area contributed by atoms with Gasteiger partial charge in [-0.05, 0) is 26.0 Å². The van der Waals surface area contributed by atoms with Crippen LogP contribution in [0.15, 0.2) is 28.9 Å². The van der Waals surface area contributed by atoms with Gasteiger partial charge in [0, 0.05) is 45.1 Å².